The Morgan fingerprint density at radius 1 is 1.35 bits per heavy atom. The van der Waals surface area contributed by atoms with Crippen LogP contribution in [0.5, 0.6) is 0 Å². The van der Waals surface area contributed by atoms with Gasteiger partial charge in [-0.15, -0.1) is 11.3 Å². The fourth-order valence-electron chi connectivity index (χ4n) is 2.18. The second kappa shape index (κ2) is 5.09. The molecule has 0 atom stereocenters. The maximum absolute atomic E-state index is 12.5. The molecule has 0 spiro atoms. The number of aromatic nitrogens is 1. The quantitative estimate of drug-likeness (QED) is 0.879. The molecule has 0 aliphatic heterocycles. The predicted octanol–water partition coefficient (Wildman–Crippen LogP) is 3.01. The Morgan fingerprint density at radius 3 is 2.75 bits per heavy atom. The molecule has 0 unspecified atom stereocenters. The van der Waals surface area contributed by atoms with Crippen molar-refractivity contribution in [1.82, 2.24) is 4.57 Å². The van der Waals surface area contributed by atoms with Gasteiger partial charge in [-0.1, -0.05) is 6.07 Å². The van der Waals surface area contributed by atoms with E-state index in [1.807, 2.05) is 23.6 Å². The summed E-state index contributed by atoms with van der Waals surface area (Å²) in [5.41, 5.74) is 1.22. The smallest absolute Gasteiger partial charge is 0.328 e. The van der Waals surface area contributed by atoms with Crippen molar-refractivity contribution in [3.8, 4) is 10.6 Å². The summed E-state index contributed by atoms with van der Waals surface area (Å²) in [5, 5.41) is 10.6. The zero-order valence-electron chi connectivity index (χ0n) is 10.7. The molecule has 0 amide bonds. The minimum Gasteiger partial charge on any atom is -0.478 e. The van der Waals surface area contributed by atoms with Crippen LogP contribution in [0.4, 0.5) is 0 Å². The van der Waals surface area contributed by atoms with Crippen LogP contribution in [-0.2, 0) is 4.79 Å². The second-order valence-electron chi connectivity index (χ2n) is 4.73. The summed E-state index contributed by atoms with van der Waals surface area (Å²) in [5.74, 6) is -1.05. The first-order valence-electron chi connectivity index (χ1n) is 6.37. The summed E-state index contributed by atoms with van der Waals surface area (Å²) >= 11 is 1.60. The fourth-order valence-corrected chi connectivity index (χ4v) is 2.93. The van der Waals surface area contributed by atoms with E-state index in [-0.39, 0.29) is 11.6 Å². The van der Waals surface area contributed by atoms with Crippen LogP contribution in [0.15, 0.2) is 40.5 Å². The van der Waals surface area contributed by atoms with Crippen molar-refractivity contribution in [2.75, 3.05) is 0 Å². The molecule has 2 aromatic rings. The highest BCUT2D eigenvalue weighted by Crippen LogP contribution is 2.38. The number of carbonyl (C=O) groups is 1. The van der Waals surface area contributed by atoms with E-state index in [0.717, 1.165) is 29.5 Å². The molecule has 1 saturated carbocycles. The maximum Gasteiger partial charge on any atom is 0.328 e. The maximum atomic E-state index is 12.5. The van der Waals surface area contributed by atoms with Gasteiger partial charge in [0.1, 0.15) is 0 Å². The lowest BCUT2D eigenvalue weighted by Crippen LogP contribution is -2.22. The first kappa shape index (κ1) is 12.9. The second-order valence-corrected chi connectivity index (χ2v) is 5.68. The van der Waals surface area contributed by atoms with Crippen LogP contribution in [0.1, 0.15) is 24.4 Å². The molecular weight excluding hydrogens is 274 g/mol. The Morgan fingerprint density at radius 2 is 2.15 bits per heavy atom. The van der Waals surface area contributed by atoms with Crippen LogP contribution in [-0.4, -0.2) is 15.6 Å². The lowest BCUT2D eigenvalue weighted by molar-refractivity contribution is -0.131. The van der Waals surface area contributed by atoms with Crippen LogP contribution in [0.25, 0.3) is 16.6 Å². The molecule has 1 N–H and O–H groups in total. The Hall–Kier alpha value is -2.14. The third-order valence-electron chi connectivity index (χ3n) is 3.24. The zero-order valence-corrected chi connectivity index (χ0v) is 11.5. The highest BCUT2D eigenvalue weighted by atomic mass is 32.1. The Labute approximate surface area is 119 Å². The largest absolute Gasteiger partial charge is 0.478 e. The van der Waals surface area contributed by atoms with Crippen molar-refractivity contribution in [2.24, 2.45) is 0 Å². The molecule has 0 bridgehead atoms. The van der Waals surface area contributed by atoms with Gasteiger partial charge in [-0.2, -0.15) is 0 Å². The number of nitrogens with zero attached hydrogens (tertiary/aromatic N) is 1. The van der Waals surface area contributed by atoms with Crippen LogP contribution in [0.2, 0.25) is 0 Å². The van der Waals surface area contributed by atoms with Crippen molar-refractivity contribution >= 4 is 23.4 Å². The van der Waals surface area contributed by atoms with Gasteiger partial charge in [-0.05, 0) is 42.5 Å². The highest BCUT2D eigenvalue weighted by molar-refractivity contribution is 7.13. The monoisotopic (exact) mass is 287 g/mol. The van der Waals surface area contributed by atoms with E-state index < -0.39 is 5.97 Å². The number of hydrogen-bond donors (Lipinski definition) is 1. The van der Waals surface area contributed by atoms with Crippen LogP contribution in [0.3, 0.4) is 0 Å². The molecule has 1 aliphatic rings. The molecule has 4 nitrogen and oxygen atoms in total. The minimum absolute atomic E-state index is 0.115. The average molecular weight is 287 g/mol. The van der Waals surface area contributed by atoms with Gasteiger partial charge >= 0.3 is 5.97 Å². The molecule has 5 heteroatoms. The summed E-state index contributed by atoms with van der Waals surface area (Å²) in [6.07, 6.45) is 4.37. The highest BCUT2D eigenvalue weighted by Gasteiger charge is 2.27. The summed E-state index contributed by atoms with van der Waals surface area (Å²) in [7, 11) is 0. The number of pyridine rings is 1. The number of aliphatic carboxylic acids is 1. The van der Waals surface area contributed by atoms with E-state index in [2.05, 4.69) is 0 Å². The molecule has 2 heterocycles. The van der Waals surface area contributed by atoms with Crippen LogP contribution >= 0.6 is 11.3 Å². The van der Waals surface area contributed by atoms with Crippen molar-refractivity contribution in [3.05, 3.63) is 51.6 Å². The van der Waals surface area contributed by atoms with Gasteiger partial charge in [0, 0.05) is 17.7 Å². The summed E-state index contributed by atoms with van der Waals surface area (Å²) in [4.78, 5) is 24.1. The van der Waals surface area contributed by atoms with Gasteiger partial charge in [0.25, 0.3) is 5.56 Å². The first-order chi connectivity index (χ1) is 9.66. The molecule has 20 heavy (non-hydrogen) atoms. The van der Waals surface area contributed by atoms with Gasteiger partial charge in [0.15, 0.2) is 0 Å². The molecule has 1 aliphatic carbocycles. The Kier molecular flexibility index (Phi) is 3.28. The van der Waals surface area contributed by atoms with E-state index in [0.29, 0.717) is 5.56 Å². The molecule has 3 rings (SSSR count). The normalized spacial score (nSPS) is 14.8. The summed E-state index contributed by atoms with van der Waals surface area (Å²) in [6.45, 7) is 0. The number of thiophene rings is 1. The fraction of sp³-hybridized carbons (Fsp3) is 0.200. The number of carboxylic acids is 1. The molecule has 1 fully saturated rings. The summed E-state index contributed by atoms with van der Waals surface area (Å²) < 4.78 is 1.80. The van der Waals surface area contributed by atoms with Crippen LogP contribution in [0, 0.1) is 0 Å². The Balaban J connectivity index is 2.12. The van der Waals surface area contributed by atoms with E-state index in [1.165, 1.54) is 6.08 Å². The van der Waals surface area contributed by atoms with Crippen molar-refractivity contribution in [1.29, 1.82) is 0 Å². The lowest BCUT2D eigenvalue weighted by atomic mass is 10.2. The summed E-state index contributed by atoms with van der Waals surface area (Å²) in [6, 6.07) is 7.78. The first-order valence-corrected chi connectivity index (χ1v) is 7.25. The molecule has 2 aromatic heterocycles. The standard InChI is InChI=1S/C15H13NO3S/c17-14(18)8-4-10-3-7-12(13-2-1-9-20-13)16(15(10)19)11-5-6-11/h1-4,7-9,11H,5-6H2,(H,17,18)/b8-4+. The predicted molar refractivity (Wildman–Crippen MR) is 79.0 cm³/mol. The molecule has 102 valence electrons. The average Bonchev–Trinajstić information content (AvgIpc) is 3.11. The van der Waals surface area contributed by atoms with Gasteiger partial charge in [-0.3, -0.25) is 4.79 Å². The van der Waals surface area contributed by atoms with Gasteiger partial charge < -0.3 is 9.67 Å². The molecule has 0 aromatic carbocycles. The van der Waals surface area contributed by atoms with Gasteiger partial charge in [0.2, 0.25) is 0 Å². The molecular formula is C15H13NO3S. The molecule has 0 radical (unpaired) electrons. The lowest BCUT2D eigenvalue weighted by Gasteiger charge is -2.11. The van der Waals surface area contributed by atoms with Crippen molar-refractivity contribution in [2.45, 2.75) is 18.9 Å². The topological polar surface area (TPSA) is 59.3 Å². The van der Waals surface area contributed by atoms with E-state index >= 15 is 0 Å². The van der Waals surface area contributed by atoms with E-state index in [9.17, 15) is 9.59 Å². The van der Waals surface area contributed by atoms with Crippen molar-refractivity contribution in [3.63, 3.8) is 0 Å². The van der Waals surface area contributed by atoms with E-state index in [4.69, 9.17) is 5.11 Å². The van der Waals surface area contributed by atoms with Gasteiger partial charge in [-0.25, -0.2) is 4.79 Å². The number of rotatable bonds is 4. The third kappa shape index (κ3) is 2.44. The third-order valence-corrected chi connectivity index (χ3v) is 4.13. The van der Waals surface area contributed by atoms with Crippen molar-refractivity contribution < 1.29 is 9.90 Å². The molecule has 0 saturated heterocycles. The van der Waals surface area contributed by atoms with E-state index in [1.54, 1.807) is 22.0 Å². The SMILES string of the molecule is O=C(O)/C=C/c1ccc(-c2cccs2)n(C2CC2)c1=O. The minimum atomic E-state index is -1.05. The Bertz CT molecular complexity index is 724. The number of hydrogen-bond acceptors (Lipinski definition) is 3. The van der Waals surface area contributed by atoms with Gasteiger partial charge in [0.05, 0.1) is 10.6 Å². The zero-order chi connectivity index (χ0) is 14.1. The number of carboxylic acid groups (broad SMARTS) is 1. The van der Waals surface area contributed by atoms with Crippen LogP contribution < -0.4 is 5.56 Å².